The van der Waals surface area contributed by atoms with Gasteiger partial charge >= 0.3 is 12.3 Å². The molecule has 1 aromatic carbocycles. The minimum Gasteiger partial charge on any atom is -0.389 e. The highest BCUT2D eigenvalue weighted by Crippen LogP contribution is 2.23. The number of alkyl halides is 4. The molecule has 11 heteroatoms. The lowest BCUT2D eigenvalue weighted by molar-refractivity contribution is -0.171. The molecular formula is C22H31F5N2O4. The smallest absolute Gasteiger partial charge is 0.330 e. The number of morpholine rings is 1. The molecule has 1 aliphatic rings. The average Bonchev–Trinajstić information content (AvgIpc) is 2.73. The fraction of sp³-hybridized carbons (Fsp3) is 0.682. The van der Waals surface area contributed by atoms with Gasteiger partial charge in [-0.3, -0.25) is 9.69 Å². The maximum atomic E-state index is 13.2. The second-order valence-corrected chi connectivity index (χ2v) is 8.59. The number of carbonyl (C=O) groups is 1. The van der Waals surface area contributed by atoms with Gasteiger partial charge in [0.1, 0.15) is 12.4 Å². The van der Waals surface area contributed by atoms with Crippen LogP contribution in [0.25, 0.3) is 0 Å². The monoisotopic (exact) mass is 482 g/mol. The first kappa shape index (κ1) is 27.4. The molecule has 0 bridgehead atoms. The predicted octanol–water partition coefficient (Wildman–Crippen LogP) is 2.90. The van der Waals surface area contributed by atoms with Crippen molar-refractivity contribution in [2.75, 3.05) is 52.5 Å². The van der Waals surface area contributed by atoms with Crippen molar-refractivity contribution in [1.82, 2.24) is 9.80 Å². The highest BCUT2D eigenvalue weighted by atomic mass is 19.3. The normalized spacial score (nSPS) is 18.7. The Balaban J connectivity index is 1.88. The summed E-state index contributed by atoms with van der Waals surface area (Å²) in [6, 6.07) is 5.29. The van der Waals surface area contributed by atoms with Crippen molar-refractivity contribution in [1.29, 1.82) is 0 Å². The molecule has 2 atom stereocenters. The van der Waals surface area contributed by atoms with E-state index in [1.807, 2.05) is 18.7 Å². The summed E-state index contributed by atoms with van der Waals surface area (Å²) in [5.41, 5.74) is 0.359. The second-order valence-electron chi connectivity index (χ2n) is 8.59. The van der Waals surface area contributed by atoms with Gasteiger partial charge < -0.3 is 19.5 Å². The molecule has 0 aliphatic carbocycles. The van der Waals surface area contributed by atoms with Gasteiger partial charge in [0.2, 0.25) is 0 Å². The Morgan fingerprint density at radius 2 is 1.97 bits per heavy atom. The third-order valence-corrected chi connectivity index (χ3v) is 5.00. The zero-order valence-electron chi connectivity index (χ0n) is 18.7. The number of nitrogens with zero attached hydrogens (tertiary/aromatic N) is 2. The van der Waals surface area contributed by atoms with Gasteiger partial charge in [0.25, 0.3) is 5.91 Å². The number of aliphatic hydroxyl groups is 1. The molecule has 1 N–H and O–H groups in total. The van der Waals surface area contributed by atoms with Crippen LogP contribution in [0.2, 0.25) is 0 Å². The Morgan fingerprint density at radius 1 is 1.30 bits per heavy atom. The van der Waals surface area contributed by atoms with Crippen molar-refractivity contribution in [3.05, 3.63) is 35.6 Å². The summed E-state index contributed by atoms with van der Waals surface area (Å²) >= 11 is 0. The Bertz CT molecular complexity index is 736. The fourth-order valence-corrected chi connectivity index (χ4v) is 3.50. The minimum absolute atomic E-state index is 0.0796. The van der Waals surface area contributed by atoms with E-state index in [2.05, 4.69) is 4.74 Å². The summed E-state index contributed by atoms with van der Waals surface area (Å²) in [6.07, 6.45) is -5.34. The molecule has 1 fully saturated rings. The van der Waals surface area contributed by atoms with Crippen LogP contribution in [0, 0.1) is 11.7 Å². The molecule has 6 nitrogen and oxygen atoms in total. The summed E-state index contributed by atoms with van der Waals surface area (Å²) in [5.74, 6) is -4.77. The van der Waals surface area contributed by atoms with Gasteiger partial charge in [0, 0.05) is 38.3 Å². The average molecular weight is 482 g/mol. The molecule has 1 aliphatic heterocycles. The molecule has 1 aromatic rings. The van der Waals surface area contributed by atoms with Gasteiger partial charge in [-0.25, -0.2) is 13.2 Å². The quantitative estimate of drug-likeness (QED) is 0.465. The Kier molecular flexibility index (Phi) is 10.5. The summed E-state index contributed by atoms with van der Waals surface area (Å²) in [4.78, 5) is 16.4. The van der Waals surface area contributed by atoms with E-state index in [4.69, 9.17) is 4.74 Å². The summed E-state index contributed by atoms with van der Waals surface area (Å²) in [7, 11) is 0. The van der Waals surface area contributed by atoms with Crippen LogP contribution < -0.4 is 0 Å². The molecule has 188 valence electrons. The molecule has 0 aromatic heterocycles. The number of halogens is 5. The van der Waals surface area contributed by atoms with Gasteiger partial charge in [-0.2, -0.15) is 8.78 Å². The number of β-amino-alcohol motifs (C(OH)–C–C–N with tert-alkyl or cyclic N) is 1. The first-order chi connectivity index (χ1) is 15.5. The lowest BCUT2D eigenvalue weighted by atomic mass is 10.1. The number of aliphatic hydroxyl groups excluding tert-OH is 1. The molecule has 0 radical (unpaired) electrons. The molecule has 2 unspecified atom stereocenters. The Hall–Kier alpha value is -1.82. The van der Waals surface area contributed by atoms with E-state index >= 15 is 0 Å². The molecule has 2 rings (SSSR count). The van der Waals surface area contributed by atoms with Crippen LogP contribution >= 0.6 is 0 Å². The van der Waals surface area contributed by atoms with Crippen LogP contribution in [-0.4, -0.2) is 97.9 Å². The van der Waals surface area contributed by atoms with Crippen LogP contribution in [0.5, 0.6) is 0 Å². The zero-order chi connectivity index (χ0) is 24.6. The number of rotatable bonds is 12. The first-order valence-electron chi connectivity index (χ1n) is 10.8. The lowest BCUT2D eigenvalue weighted by Gasteiger charge is -2.37. The number of hydrogen-bond donors (Lipinski definition) is 1. The highest BCUT2D eigenvalue weighted by molar-refractivity contribution is 5.94. The number of hydrogen-bond acceptors (Lipinski definition) is 5. The van der Waals surface area contributed by atoms with Crippen LogP contribution in [0.1, 0.15) is 24.2 Å². The van der Waals surface area contributed by atoms with Gasteiger partial charge in [0.05, 0.1) is 25.4 Å². The fourth-order valence-electron chi connectivity index (χ4n) is 3.50. The standard InChI is InChI=1S/C22H31F5N2O4/c1-15(2)9-29(20(31)16-3-5-17(23)6-4-16)12-19-11-28(7-8-33-19)10-18(30)13-32-14-22(26,27)21(24)25/h3-6,15,18-19,21,30H,7-14H2,1-2H3. The first-order valence-corrected chi connectivity index (χ1v) is 10.8. The third kappa shape index (κ3) is 9.15. The lowest BCUT2D eigenvalue weighted by Crippen LogP contribution is -2.51. The van der Waals surface area contributed by atoms with Crippen molar-refractivity contribution in [3.8, 4) is 0 Å². The van der Waals surface area contributed by atoms with E-state index in [9.17, 15) is 31.9 Å². The van der Waals surface area contributed by atoms with E-state index in [0.29, 0.717) is 31.8 Å². The summed E-state index contributed by atoms with van der Waals surface area (Å²) in [5, 5.41) is 10.0. The van der Waals surface area contributed by atoms with E-state index in [0.717, 1.165) is 0 Å². The van der Waals surface area contributed by atoms with Crippen LogP contribution in [0.15, 0.2) is 24.3 Å². The van der Waals surface area contributed by atoms with Gasteiger partial charge in [0.15, 0.2) is 0 Å². The predicted molar refractivity (Wildman–Crippen MR) is 111 cm³/mol. The Labute approximate surface area is 190 Å². The molecule has 33 heavy (non-hydrogen) atoms. The number of carbonyl (C=O) groups excluding carboxylic acids is 1. The van der Waals surface area contributed by atoms with E-state index < -0.39 is 37.5 Å². The molecule has 1 amide bonds. The summed E-state index contributed by atoms with van der Waals surface area (Å²) in [6.45, 7) is 3.95. The van der Waals surface area contributed by atoms with E-state index in [1.165, 1.54) is 24.3 Å². The van der Waals surface area contributed by atoms with Crippen LogP contribution in [-0.2, 0) is 9.47 Å². The Morgan fingerprint density at radius 3 is 2.58 bits per heavy atom. The molecular weight excluding hydrogens is 451 g/mol. The maximum Gasteiger partial charge on any atom is 0.330 e. The third-order valence-electron chi connectivity index (χ3n) is 5.00. The minimum atomic E-state index is -4.26. The van der Waals surface area contributed by atoms with Crippen molar-refractivity contribution in [2.24, 2.45) is 5.92 Å². The van der Waals surface area contributed by atoms with Crippen LogP contribution in [0.3, 0.4) is 0 Å². The number of ether oxygens (including phenoxy) is 2. The van der Waals surface area contributed by atoms with Crippen LogP contribution in [0.4, 0.5) is 22.0 Å². The van der Waals surface area contributed by atoms with Gasteiger partial charge in [-0.1, -0.05) is 13.8 Å². The SMILES string of the molecule is CC(C)CN(CC1CN(CC(O)COCC(F)(F)C(F)F)CCO1)C(=O)c1ccc(F)cc1. The van der Waals surface area contributed by atoms with Crippen molar-refractivity contribution in [2.45, 2.75) is 38.4 Å². The van der Waals surface area contributed by atoms with E-state index in [1.54, 1.807) is 4.90 Å². The molecule has 0 saturated carbocycles. The van der Waals surface area contributed by atoms with Crippen molar-refractivity contribution >= 4 is 5.91 Å². The molecule has 0 spiro atoms. The number of benzene rings is 1. The molecule has 1 saturated heterocycles. The van der Waals surface area contributed by atoms with Gasteiger partial charge in [-0.15, -0.1) is 0 Å². The van der Waals surface area contributed by atoms with Crippen molar-refractivity contribution in [3.63, 3.8) is 0 Å². The second kappa shape index (κ2) is 12.6. The number of amides is 1. The summed E-state index contributed by atoms with van der Waals surface area (Å²) < 4.78 is 73.6. The maximum absolute atomic E-state index is 13.2. The van der Waals surface area contributed by atoms with E-state index in [-0.39, 0.29) is 31.0 Å². The molecule has 1 heterocycles. The van der Waals surface area contributed by atoms with Crippen molar-refractivity contribution < 1.29 is 41.3 Å². The topological polar surface area (TPSA) is 62.2 Å². The largest absolute Gasteiger partial charge is 0.389 e. The zero-order valence-corrected chi connectivity index (χ0v) is 18.7. The highest BCUT2D eigenvalue weighted by Gasteiger charge is 2.41. The van der Waals surface area contributed by atoms with Gasteiger partial charge in [-0.05, 0) is 30.2 Å².